The van der Waals surface area contributed by atoms with E-state index in [9.17, 15) is 5.11 Å². The van der Waals surface area contributed by atoms with Crippen LogP contribution in [0.5, 0.6) is 5.75 Å². The van der Waals surface area contributed by atoms with Crippen molar-refractivity contribution in [2.24, 2.45) is 4.99 Å². The maximum Gasteiger partial charge on any atom is 0.126 e. The summed E-state index contributed by atoms with van der Waals surface area (Å²) in [6.45, 7) is 2.08. The lowest BCUT2D eigenvalue weighted by Crippen LogP contribution is -2.33. The number of hydrogen-bond acceptors (Lipinski definition) is 3. The quantitative estimate of drug-likeness (QED) is 0.627. The molecule has 1 heterocycles. The van der Waals surface area contributed by atoms with Gasteiger partial charge in [0.15, 0.2) is 0 Å². The molecular formula is C23H21ClN2O. The van der Waals surface area contributed by atoms with E-state index in [1.165, 1.54) is 5.56 Å². The van der Waals surface area contributed by atoms with E-state index in [1.54, 1.807) is 6.07 Å². The van der Waals surface area contributed by atoms with Crippen LogP contribution in [0.4, 0.5) is 0 Å². The summed E-state index contributed by atoms with van der Waals surface area (Å²) in [5.74, 6) is 0.301. The monoisotopic (exact) mass is 376 g/mol. The molecule has 1 aliphatic heterocycles. The van der Waals surface area contributed by atoms with Crippen molar-refractivity contribution >= 4 is 17.3 Å². The van der Waals surface area contributed by atoms with Crippen LogP contribution in [0.3, 0.4) is 0 Å². The predicted molar refractivity (Wildman–Crippen MR) is 111 cm³/mol. The van der Waals surface area contributed by atoms with E-state index >= 15 is 0 Å². The Bertz CT molecular complexity index is 964. The summed E-state index contributed by atoms with van der Waals surface area (Å²) < 4.78 is 0. The first-order chi connectivity index (χ1) is 13.1. The number of aromatic hydroxyl groups is 1. The smallest absolute Gasteiger partial charge is 0.126 e. The van der Waals surface area contributed by atoms with E-state index in [2.05, 4.69) is 36.5 Å². The van der Waals surface area contributed by atoms with Gasteiger partial charge in [-0.15, -0.1) is 0 Å². The molecule has 0 fully saturated rings. The van der Waals surface area contributed by atoms with E-state index in [0.29, 0.717) is 17.2 Å². The Morgan fingerprint density at radius 3 is 2.37 bits per heavy atom. The molecule has 4 heteroatoms. The Balaban J connectivity index is 1.75. The Morgan fingerprint density at radius 2 is 1.67 bits per heavy atom. The number of aryl methyl sites for hydroxylation is 1. The van der Waals surface area contributed by atoms with Gasteiger partial charge in [0.2, 0.25) is 0 Å². The van der Waals surface area contributed by atoms with Crippen LogP contribution in [0.25, 0.3) is 0 Å². The zero-order valence-corrected chi connectivity index (χ0v) is 15.8. The summed E-state index contributed by atoms with van der Waals surface area (Å²) >= 11 is 6.05. The average Bonchev–Trinajstić information content (AvgIpc) is 2.69. The highest BCUT2D eigenvalue weighted by Gasteiger charge is 2.27. The third-order valence-electron chi connectivity index (χ3n) is 4.92. The predicted octanol–water partition coefficient (Wildman–Crippen LogP) is 5.58. The van der Waals surface area contributed by atoms with Gasteiger partial charge in [0.05, 0.1) is 0 Å². The average molecular weight is 377 g/mol. The molecule has 1 aliphatic rings. The van der Waals surface area contributed by atoms with Crippen molar-refractivity contribution in [3.8, 4) is 5.75 Å². The molecule has 0 amide bonds. The normalized spacial score (nSPS) is 19.6. The number of phenols is 1. The van der Waals surface area contributed by atoms with Crippen LogP contribution < -0.4 is 5.32 Å². The minimum absolute atomic E-state index is 0.0271. The summed E-state index contributed by atoms with van der Waals surface area (Å²) in [4.78, 5) is 4.97. The Labute approximate surface area is 164 Å². The topological polar surface area (TPSA) is 44.6 Å². The zero-order valence-electron chi connectivity index (χ0n) is 15.1. The van der Waals surface area contributed by atoms with Crippen LogP contribution in [-0.4, -0.2) is 10.8 Å². The van der Waals surface area contributed by atoms with Gasteiger partial charge in [0, 0.05) is 28.8 Å². The fourth-order valence-electron chi connectivity index (χ4n) is 3.42. The molecule has 0 saturated carbocycles. The van der Waals surface area contributed by atoms with Crippen LogP contribution in [0, 0.1) is 6.92 Å². The Hall–Kier alpha value is -2.62. The van der Waals surface area contributed by atoms with Crippen LogP contribution in [-0.2, 0) is 0 Å². The number of benzene rings is 3. The first-order valence-corrected chi connectivity index (χ1v) is 9.41. The fraction of sp³-hybridized carbons (Fsp3) is 0.174. The highest BCUT2D eigenvalue weighted by Crippen LogP contribution is 2.34. The van der Waals surface area contributed by atoms with Crippen molar-refractivity contribution in [3.05, 3.63) is 100 Å². The van der Waals surface area contributed by atoms with Gasteiger partial charge in [-0.05, 0) is 36.2 Å². The van der Waals surface area contributed by atoms with Crippen molar-refractivity contribution in [2.45, 2.75) is 25.6 Å². The minimum Gasteiger partial charge on any atom is -0.508 e. The van der Waals surface area contributed by atoms with E-state index in [1.807, 2.05) is 42.5 Å². The minimum atomic E-state index is -0.197. The number of phenolic OH excluding ortho intramolecular Hbond substituents is 1. The van der Waals surface area contributed by atoms with E-state index < -0.39 is 0 Å². The second-order valence-corrected chi connectivity index (χ2v) is 7.31. The summed E-state index contributed by atoms with van der Waals surface area (Å²) in [6.07, 6.45) is 0.516. The van der Waals surface area contributed by atoms with Gasteiger partial charge in [0.25, 0.3) is 0 Å². The molecule has 136 valence electrons. The number of halogens is 1. The van der Waals surface area contributed by atoms with Crippen molar-refractivity contribution in [2.75, 3.05) is 0 Å². The summed E-state index contributed by atoms with van der Waals surface area (Å²) in [6, 6.07) is 23.6. The molecule has 0 spiro atoms. The molecule has 0 aliphatic carbocycles. The zero-order chi connectivity index (χ0) is 18.8. The van der Waals surface area contributed by atoms with Gasteiger partial charge in [-0.1, -0.05) is 71.8 Å². The van der Waals surface area contributed by atoms with E-state index in [-0.39, 0.29) is 12.2 Å². The van der Waals surface area contributed by atoms with Gasteiger partial charge in [-0.3, -0.25) is 10.3 Å². The second kappa shape index (κ2) is 7.55. The summed E-state index contributed by atoms with van der Waals surface area (Å²) in [7, 11) is 0. The summed E-state index contributed by atoms with van der Waals surface area (Å²) in [5.41, 5.74) is 5.29. The van der Waals surface area contributed by atoms with Gasteiger partial charge < -0.3 is 5.11 Å². The lowest BCUT2D eigenvalue weighted by atomic mass is 9.93. The third-order valence-corrected chi connectivity index (χ3v) is 5.18. The summed E-state index contributed by atoms with van der Waals surface area (Å²) in [5, 5.41) is 14.6. The fourth-order valence-corrected chi connectivity index (χ4v) is 3.55. The highest BCUT2D eigenvalue weighted by molar-refractivity contribution is 6.30. The number of nitrogens with one attached hydrogen (secondary N) is 1. The van der Waals surface area contributed by atoms with Crippen LogP contribution in [0.15, 0.2) is 77.8 Å². The first-order valence-electron chi connectivity index (χ1n) is 9.03. The molecule has 0 aromatic heterocycles. The highest BCUT2D eigenvalue weighted by atomic mass is 35.5. The molecule has 3 aromatic carbocycles. The van der Waals surface area contributed by atoms with Gasteiger partial charge in [-0.25, -0.2) is 0 Å². The number of nitrogens with zero attached hydrogens (tertiary/aromatic N) is 1. The van der Waals surface area contributed by atoms with Gasteiger partial charge >= 0.3 is 0 Å². The lowest BCUT2D eigenvalue weighted by molar-refractivity contribution is 0.413. The number of rotatable bonds is 3. The van der Waals surface area contributed by atoms with E-state index in [0.717, 1.165) is 22.4 Å². The largest absolute Gasteiger partial charge is 0.508 e. The molecule has 4 rings (SSSR count). The molecule has 2 N–H and O–H groups in total. The number of para-hydroxylation sites is 1. The van der Waals surface area contributed by atoms with Gasteiger partial charge in [0.1, 0.15) is 11.9 Å². The van der Waals surface area contributed by atoms with Crippen molar-refractivity contribution in [1.82, 2.24) is 5.32 Å². The van der Waals surface area contributed by atoms with Crippen LogP contribution in [0.1, 0.15) is 40.9 Å². The Kier molecular flexibility index (Phi) is 4.97. The molecule has 3 aromatic rings. The molecule has 0 bridgehead atoms. The molecule has 2 atom stereocenters. The number of aliphatic imine (C=N–C) groups is 1. The van der Waals surface area contributed by atoms with Crippen molar-refractivity contribution in [1.29, 1.82) is 0 Å². The van der Waals surface area contributed by atoms with Crippen molar-refractivity contribution in [3.63, 3.8) is 0 Å². The second-order valence-electron chi connectivity index (χ2n) is 6.88. The van der Waals surface area contributed by atoms with Crippen molar-refractivity contribution < 1.29 is 5.11 Å². The number of hydrogen-bond donors (Lipinski definition) is 2. The van der Waals surface area contributed by atoms with Gasteiger partial charge in [-0.2, -0.15) is 0 Å². The third kappa shape index (κ3) is 3.90. The van der Waals surface area contributed by atoms with E-state index in [4.69, 9.17) is 16.6 Å². The molecule has 3 nitrogen and oxygen atoms in total. The first kappa shape index (κ1) is 17.8. The SMILES string of the molecule is Cc1ccc(C2=N[C@@H](c3ccc(Cl)cc3)N[C@H](c3ccccc3O)C2)cc1. The standard InChI is InChI=1S/C23H21ClN2O/c1-15-6-8-16(9-7-15)20-14-21(19-4-2-3-5-22(19)27)26-23(25-20)17-10-12-18(24)13-11-17/h2-13,21,23,26-27H,14H2,1H3/t21-,23+/m0/s1. The van der Waals surface area contributed by atoms with Crippen LogP contribution >= 0.6 is 11.6 Å². The lowest BCUT2D eigenvalue weighted by Gasteiger charge is -2.31. The maximum atomic E-state index is 10.4. The molecule has 0 saturated heterocycles. The van der Waals surface area contributed by atoms with Crippen LogP contribution in [0.2, 0.25) is 5.02 Å². The Morgan fingerprint density at radius 1 is 0.963 bits per heavy atom. The maximum absolute atomic E-state index is 10.4. The molecule has 0 radical (unpaired) electrons. The molecule has 27 heavy (non-hydrogen) atoms. The molecular weight excluding hydrogens is 356 g/mol. The molecule has 0 unspecified atom stereocenters.